The van der Waals surface area contributed by atoms with Gasteiger partial charge in [0.15, 0.2) is 0 Å². The van der Waals surface area contributed by atoms with Gasteiger partial charge in [0, 0.05) is 12.2 Å². The third kappa shape index (κ3) is 4.35. The van der Waals surface area contributed by atoms with Crippen molar-refractivity contribution in [1.29, 1.82) is 0 Å². The summed E-state index contributed by atoms with van der Waals surface area (Å²) in [4.78, 5) is 33.6. The number of fused-ring (bicyclic) bond motifs is 1. The van der Waals surface area contributed by atoms with Gasteiger partial charge < -0.3 is 9.73 Å². The van der Waals surface area contributed by atoms with Crippen LogP contribution in [0.25, 0.3) is 11.7 Å². The molecular formula is C24H24N4O3S2. The minimum atomic E-state index is -0.242. The number of thiocarbonyl (C=S) groups is 1. The first-order valence-electron chi connectivity index (χ1n) is 11.1. The number of nitrogens with zero attached hydrogens (tertiary/aromatic N) is 3. The van der Waals surface area contributed by atoms with Crippen molar-refractivity contribution in [2.45, 2.75) is 51.6 Å². The molecular weight excluding hydrogens is 456 g/mol. The van der Waals surface area contributed by atoms with Crippen LogP contribution < -0.4 is 10.9 Å². The number of amides is 1. The monoisotopic (exact) mass is 480 g/mol. The fourth-order valence-corrected chi connectivity index (χ4v) is 5.75. The predicted octanol–water partition coefficient (Wildman–Crippen LogP) is 4.74. The second-order valence-electron chi connectivity index (χ2n) is 8.39. The lowest BCUT2D eigenvalue weighted by Gasteiger charge is -2.29. The molecule has 0 radical (unpaired) electrons. The molecule has 0 atom stereocenters. The summed E-state index contributed by atoms with van der Waals surface area (Å²) in [6, 6.07) is 7.51. The number of thioether (sulfide) groups is 1. The van der Waals surface area contributed by atoms with Gasteiger partial charge >= 0.3 is 0 Å². The van der Waals surface area contributed by atoms with Gasteiger partial charge in [0.25, 0.3) is 11.5 Å². The number of nitrogens with one attached hydrogen (secondary N) is 1. The molecule has 4 heterocycles. The summed E-state index contributed by atoms with van der Waals surface area (Å²) in [5.74, 6) is 1.00. The van der Waals surface area contributed by atoms with E-state index in [2.05, 4.69) is 10.3 Å². The molecule has 0 spiro atoms. The topological polar surface area (TPSA) is 79.8 Å². The average molecular weight is 481 g/mol. The Labute approximate surface area is 200 Å². The second-order valence-corrected chi connectivity index (χ2v) is 10.1. The summed E-state index contributed by atoms with van der Waals surface area (Å²) in [6.45, 7) is 2.29. The normalized spacial score (nSPS) is 18.6. The minimum Gasteiger partial charge on any atom is -0.467 e. The molecule has 0 aromatic carbocycles. The summed E-state index contributed by atoms with van der Waals surface area (Å²) in [6.07, 6.45) is 10.3. The Balaban J connectivity index is 1.55. The molecule has 1 N–H and O–H groups in total. The fourth-order valence-electron chi connectivity index (χ4n) is 4.37. The molecule has 3 aromatic heterocycles. The minimum absolute atomic E-state index is 0.123. The lowest BCUT2D eigenvalue weighted by Crippen LogP contribution is -2.39. The third-order valence-electron chi connectivity index (χ3n) is 6.05. The molecule has 2 aliphatic rings. The van der Waals surface area contributed by atoms with Crippen LogP contribution in [0.15, 0.2) is 50.8 Å². The number of furan rings is 1. The number of hydrogen-bond donors (Lipinski definition) is 1. The molecule has 3 aromatic rings. The number of rotatable bonds is 5. The maximum absolute atomic E-state index is 13.5. The lowest BCUT2D eigenvalue weighted by molar-refractivity contribution is -0.124. The molecule has 1 saturated carbocycles. The molecule has 9 heteroatoms. The Kier molecular flexibility index (Phi) is 6.07. The zero-order valence-corrected chi connectivity index (χ0v) is 19.9. The summed E-state index contributed by atoms with van der Waals surface area (Å²) >= 11 is 6.82. The Hall–Kier alpha value is -2.91. The van der Waals surface area contributed by atoms with Crippen LogP contribution in [0.2, 0.25) is 0 Å². The highest BCUT2D eigenvalue weighted by Gasteiger charge is 2.37. The van der Waals surface area contributed by atoms with E-state index in [1.807, 2.05) is 19.1 Å². The van der Waals surface area contributed by atoms with Crippen molar-refractivity contribution >= 4 is 51.7 Å². The predicted molar refractivity (Wildman–Crippen MR) is 134 cm³/mol. The van der Waals surface area contributed by atoms with Crippen LogP contribution in [0.5, 0.6) is 0 Å². The standard InChI is InChI=1S/C24H24N4O3S2/c1-15-9-10-20-26-21(25-13-17-8-5-11-31-17)18(22(29)27(20)14-15)12-19-23(30)28(24(32)33-19)16-6-3-2-4-7-16/h5,8-12,14,16,25H,2-4,6-7,13H2,1H3/b19-12+. The third-order valence-corrected chi connectivity index (χ3v) is 7.38. The van der Waals surface area contributed by atoms with Gasteiger partial charge in [-0.15, -0.1) is 0 Å². The van der Waals surface area contributed by atoms with Gasteiger partial charge in [-0.3, -0.25) is 18.9 Å². The summed E-state index contributed by atoms with van der Waals surface area (Å²) < 4.78 is 7.48. The Morgan fingerprint density at radius 2 is 2.06 bits per heavy atom. The zero-order chi connectivity index (χ0) is 22.9. The summed E-state index contributed by atoms with van der Waals surface area (Å²) in [5.41, 5.74) is 1.55. The van der Waals surface area contributed by atoms with Crippen molar-refractivity contribution in [3.63, 3.8) is 0 Å². The number of pyridine rings is 1. The number of anilines is 1. The van der Waals surface area contributed by atoms with E-state index in [1.165, 1.54) is 22.6 Å². The Morgan fingerprint density at radius 1 is 1.24 bits per heavy atom. The van der Waals surface area contributed by atoms with E-state index in [1.54, 1.807) is 35.6 Å². The first-order valence-corrected chi connectivity index (χ1v) is 12.3. The first kappa shape index (κ1) is 21.9. The maximum Gasteiger partial charge on any atom is 0.267 e. The number of aryl methyl sites for hydroxylation is 1. The Bertz CT molecular complexity index is 1310. The van der Waals surface area contributed by atoms with E-state index in [0.29, 0.717) is 32.8 Å². The zero-order valence-electron chi connectivity index (χ0n) is 18.2. The molecule has 33 heavy (non-hydrogen) atoms. The first-order chi connectivity index (χ1) is 16.0. The van der Waals surface area contributed by atoms with Gasteiger partial charge in [-0.25, -0.2) is 4.98 Å². The molecule has 5 rings (SSSR count). The molecule has 0 bridgehead atoms. The van der Waals surface area contributed by atoms with E-state index in [9.17, 15) is 9.59 Å². The molecule has 1 aliphatic carbocycles. The van der Waals surface area contributed by atoms with Crippen molar-refractivity contribution in [3.05, 3.63) is 68.9 Å². The van der Waals surface area contributed by atoms with Gasteiger partial charge in [0.1, 0.15) is 21.5 Å². The summed E-state index contributed by atoms with van der Waals surface area (Å²) in [7, 11) is 0. The van der Waals surface area contributed by atoms with Crippen molar-refractivity contribution in [2.24, 2.45) is 0 Å². The highest BCUT2D eigenvalue weighted by Crippen LogP contribution is 2.37. The van der Waals surface area contributed by atoms with Gasteiger partial charge in [0.2, 0.25) is 0 Å². The number of aromatic nitrogens is 2. The van der Waals surface area contributed by atoms with Crippen LogP contribution in [0.4, 0.5) is 5.82 Å². The van der Waals surface area contributed by atoms with Gasteiger partial charge in [-0.05, 0) is 49.6 Å². The molecule has 170 valence electrons. The SMILES string of the molecule is Cc1ccc2nc(NCc3ccco3)c(/C=C3/SC(=S)N(C4CCCCC4)C3=O)c(=O)n2c1. The van der Waals surface area contributed by atoms with Gasteiger partial charge in [-0.1, -0.05) is 49.3 Å². The molecule has 7 nitrogen and oxygen atoms in total. The number of carbonyl (C=O) groups is 1. The number of hydrogen-bond acceptors (Lipinski definition) is 7. The van der Waals surface area contributed by atoms with Crippen molar-refractivity contribution < 1.29 is 9.21 Å². The molecule has 2 fully saturated rings. The fraction of sp³-hybridized carbons (Fsp3) is 0.333. The largest absolute Gasteiger partial charge is 0.467 e. The van der Waals surface area contributed by atoms with Crippen molar-refractivity contribution in [1.82, 2.24) is 14.3 Å². The molecule has 1 amide bonds. The van der Waals surface area contributed by atoms with Crippen molar-refractivity contribution in [3.8, 4) is 0 Å². The maximum atomic E-state index is 13.5. The molecule has 0 unspecified atom stereocenters. The van der Waals surface area contributed by atoms with Crippen LogP contribution in [0, 0.1) is 6.92 Å². The van der Waals surface area contributed by atoms with Crippen molar-refractivity contribution in [2.75, 3.05) is 5.32 Å². The van der Waals surface area contributed by atoms with E-state index in [4.69, 9.17) is 16.6 Å². The van der Waals surface area contributed by atoms with Crippen LogP contribution in [-0.4, -0.2) is 30.6 Å². The molecule has 1 saturated heterocycles. The second kappa shape index (κ2) is 9.15. The Morgan fingerprint density at radius 3 is 2.82 bits per heavy atom. The number of carbonyl (C=O) groups excluding carboxylic acids is 1. The highest BCUT2D eigenvalue weighted by molar-refractivity contribution is 8.26. The molecule has 1 aliphatic heterocycles. The van der Waals surface area contributed by atoms with Crippen LogP contribution in [-0.2, 0) is 11.3 Å². The van der Waals surface area contributed by atoms with Crippen LogP contribution in [0.3, 0.4) is 0 Å². The van der Waals surface area contributed by atoms with E-state index in [0.717, 1.165) is 37.0 Å². The van der Waals surface area contributed by atoms with E-state index in [-0.39, 0.29) is 17.5 Å². The smallest absolute Gasteiger partial charge is 0.267 e. The van der Waals surface area contributed by atoms with Gasteiger partial charge in [0.05, 0.1) is 23.3 Å². The van der Waals surface area contributed by atoms with Crippen LogP contribution in [0.1, 0.15) is 49.0 Å². The van der Waals surface area contributed by atoms with E-state index >= 15 is 0 Å². The quantitative estimate of drug-likeness (QED) is 0.417. The van der Waals surface area contributed by atoms with E-state index < -0.39 is 0 Å². The van der Waals surface area contributed by atoms with Crippen LogP contribution >= 0.6 is 24.0 Å². The lowest BCUT2D eigenvalue weighted by atomic mass is 9.94. The highest BCUT2D eigenvalue weighted by atomic mass is 32.2. The summed E-state index contributed by atoms with van der Waals surface area (Å²) in [5, 5.41) is 3.21. The van der Waals surface area contributed by atoms with Gasteiger partial charge in [-0.2, -0.15) is 0 Å². The average Bonchev–Trinajstić information content (AvgIpc) is 3.43.